The Morgan fingerprint density at radius 2 is 1.69 bits per heavy atom. The van der Waals surface area contributed by atoms with E-state index in [0.717, 1.165) is 0 Å². The van der Waals surface area contributed by atoms with E-state index in [-0.39, 0.29) is 47.0 Å². The fourth-order valence-corrected chi connectivity index (χ4v) is 6.35. The van der Waals surface area contributed by atoms with Crippen LogP contribution in [-0.4, -0.2) is 45.1 Å². The topological polar surface area (TPSA) is 99.0 Å². The highest BCUT2D eigenvalue weighted by molar-refractivity contribution is 6.13. The highest BCUT2D eigenvalue weighted by atomic mass is 19.1. The van der Waals surface area contributed by atoms with Crippen LogP contribution in [0.4, 0.5) is 10.1 Å². The molecule has 2 N–H and O–H groups in total. The van der Waals surface area contributed by atoms with Crippen molar-refractivity contribution < 1.29 is 40.2 Å². The zero-order valence-electron chi connectivity index (χ0n) is 34.0. The lowest BCUT2D eigenvalue weighted by Crippen LogP contribution is -2.46. The van der Waals surface area contributed by atoms with Crippen molar-refractivity contribution in [1.82, 2.24) is 4.57 Å². The fraction of sp³-hybridized carbons (Fsp3) is 0.400. The van der Waals surface area contributed by atoms with E-state index in [1.54, 1.807) is 46.8 Å². The maximum absolute atomic E-state index is 14.6. The Bertz CT molecular complexity index is 2030. The molecule has 0 aliphatic carbocycles. The molecule has 0 bridgehead atoms. The van der Waals surface area contributed by atoms with E-state index in [1.807, 2.05) is 18.4 Å². The minimum absolute atomic E-state index is 0.0123. The summed E-state index contributed by atoms with van der Waals surface area (Å²) in [6.07, 6.45) is -0.240. The first kappa shape index (κ1) is 29.4. The zero-order valence-corrected chi connectivity index (χ0v) is 29.0. The molecule has 0 spiro atoms. The number of aromatic hydroxyl groups is 1. The number of nitrogens with zero attached hydrogens (tertiary/aromatic N) is 1. The van der Waals surface area contributed by atoms with Gasteiger partial charge in [-0.3, -0.25) is 9.59 Å². The summed E-state index contributed by atoms with van der Waals surface area (Å²) in [7, 11) is 0. The van der Waals surface area contributed by atoms with Crippen LogP contribution in [-0.2, 0) is 25.5 Å². The van der Waals surface area contributed by atoms with Crippen molar-refractivity contribution in [1.29, 1.82) is 0 Å². The third-order valence-electron chi connectivity index (χ3n) is 8.01. The first-order valence-corrected chi connectivity index (χ1v) is 16.5. The van der Waals surface area contributed by atoms with Crippen molar-refractivity contribution in [3.05, 3.63) is 95.8 Å². The number of nitrogens with one attached hydrogen (secondary N) is 1. The van der Waals surface area contributed by atoms with Crippen LogP contribution in [0.5, 0.6) is 5.75 Å². The molecular weight excluding hydrogens is 623 g/mol. The van der Waals surface area contributed by atoms with E-state index < -0.39 is 71.5 Å². The summed E-state index contributed by atoms with van der Waals surface area (Å²) in [5, 5.41) is 13.4. The smallest absolute Gasteiger partial charge is 0.308 e. The number of halogens is 1. The van der Waals surface area contributed by atoms with Crippen molar-refractivity contribution in [2.45, 2.75) is 104 Å². The summed E-state index contributed by atoms with van der Waals surface area (Å²) in [6.45, 7) is 12.8. The van der Waals surface area contributed by atoms with Crippen LogP contribution in [0.3, 0.4) is 0 Å². The Balaban J connectivity index is 1.73. The number of hydrogen-bond donors (Lipinski definition) is 2. The number of carbonyl (C=O) groups excluding carboxylic acids is 2. The van der Waals surface area contributed by atoms with Gasteiger partial charge in [0.15, 0.2) is 5.79 Å². The fourth-order valence-electron chi connectivity index (χ4n) is 6.35. The van der Waals surface area contributed by atoms with Crippen molar-refractivity contribution in [3.8, 4) is 28.1 Å². The number of amides is 1. The lowest BCUT2D eigenvalue weighted by molar-refractivity contribution is -0.301. The minimum Gasteiger partial charge on any atom is -0.506 e. The molecule has 3 aromatic carbocycles. The van der Waals surface area contributed by atoms with Gasteiger partial charge in [0.25, 0.3) is 5.91 Å². The Morgan fingerprint density at radius 1 is 1.04 bits per heavy atom. The van der Waals surface area contributed by atoms with Crippen LogP contribution in [0.15, 0.2) is 78.7 Å². The van der Waals surface area contributed by atoms with Gasteiger partial charge in [0.2, 0.25) is 0 Å². The van der Waals surface area contributed by atoms with Crippen LogP contribution < -0.4 is 5.32 Å². The maximum atomic E-state index is 14.6. The first-order chi connectivity index (χ1) is 25.2. The third kappa shape index (κ3) is 8.77. The number of phenols is 1. The van der Waals surface area contributed by atoms with Gasteiger partial charge in [0.05, 0.1) is 42.4 Å². The number of esters is 1. The van der Waals surface area contributed by atoms with Crippen LogP contribution in [0.25, 0.3) is 22.4 Å². The lowest BCUT2D eigenvalue weighted by atomic mass is 9.94. The van der Waals surface area contributed by atoms with Gasteiger partial charge in [-0.2, -0.15) is 0 Å². The van der Waals surface area contributed by atoms with Gasteiger partial charge in [-0.15, -0.1) is 0 Å². The number of carbonyl (C=O) groups is 2. The average molecular weight is 676 g/mol. The summed E-state index contributed by atoms with van der Waals surface area (Å²) in [6, 6.07) is 8.88. The Labute approximate surface area is 295 Å². The highest BCUT2D eigenvalue weighted by Crippen LogP contribution is 2.43. The normalized spacial score (nSPS) is 19.0. The molecule has 2 atom stereocenters. The van der Waals surface area contributed by atoms with Crippen LogP contribution in [0, 0.1) is 5.82 Å². The largest absolute Gasteiger partial charge is 0.506 e. The SMILES string of the molecule is [2H]c1c([2H])c([2H])c(-c2c(C(=O)Nc3ccccc3O)c(C(C)C)n(CCC3CC(CC(=O)OC(C)(C)C)OC(C)(C)O3)c2-c2ccc(F)cc2)c([2H])c1[2H]. The second-order valence-electron chi connectivity index (χ2n) is 14.0. The first-order valence-electron chi connectivity index (χ1n) is 19.0. The molecule has 5 rings (SSSR count). The Kier molecular flexibility index (Phi) is 8.75. The van der Waals surface area contributed by atoms with Gasteiger partial charge in [0.1, 0.15) is 17.2 Å². The molecule has 0 saturated carbocycles. The summed E-state index contributed by atoms with van der Waals surface area (Å²) in [4.78, 5) is 27.4. The number of para-hydroxylation sites is 2. The van der Waals surface area contributed by atoms with Gasteiger partial charge in [-0.05, 0) is 94.5 Å². The molecule has 2 unspecified atom stereocenters. The molecule has 49 heavy (non-hydrogen) atoms. The van der Waals surface area contributed by atoms with Gasteiger partial charge < -0.3 is 29.2 Å². The number of ether oxygens (including phenoxy) is 3. The molecule has 1 aliphatic rings. The summed E-state index contributed by atoms with van der Waals surface area (Å²) >= 11 is 0. The van der Waals surface area contributed by atoms with Gasteiger partial charge in [0, 0.05) is 24.2 Å². The molecule has 1 saturated heterocycles. The monoisotopic (exact) mass is 675 g/mol. The van der Waals surface area contributed by atoms with E-state index in [9.17, 15) is 19.1 Å². The second-order valence-corrected chi connectivity index (χ2v) is 14.0. The number of phenolic OH excluding ortho intramolecular Hbond substituents is 1. The van der Waals surface area contributed by atoms with Crippen molar-refractivity contribution in [2.75, 3.05) is 5.32 Å². The molecule has 1 amide bonds. The predicted molar refractivity (Wildman–Crippen MR) is 189 cm³/mol. The molecule has 260 valence electrons. The molecule has 1 aliphatic heterocycles. The summed E-state index contributed by atoms with van der Waals surface area (Å²) in [5.41, 5.74) is 0.554. The van der Waals surface area contributed by atoms with Crippen LogP contribution in [0.1, 0.15) is 96.6 Å². The molecule has 1 fully saturated rings. The molecule has 2 heterocycles. The quantitative estimate of drug-likeness (QED) is 0.129. The Hall–Kier alpha value is -4.47. The van der Waals surface area contributed by atoms with E-state index >= 15 is 0 Å². The average Bonchev–Trinajstić information content (AvgIpc) is 3.40. The number of benzene rings is 3. The van der Waals surface area contributed by atoms with Gasteiger partial charge in [-0.25, -0.2) is 4.39 Å². The van der Waals surface area contributed by atoms with Crippen molar-refractivity contribution in [3.63, 3.8) is 0 Å². The highest BCUT2D eigenvalue weighted by Gasteiger charge is 2.38. The predicted octanol–water partition coefficient (Wildman–Crippen LogP) is 9.07. The Morgan fingerprint density at radius 3 is 2.33 bits per heavy atom. The number of rotatable bonds is 10. The van der Waals surface area contributed by atoms with E-state index in [4.69, 9.17) is 21.1 Å². The molecule has 0 radical (unpaired) electrons. The molecule has 9 heteroatoms. The second kappa shape index (κ2) is 14.6. The standard InChI is InChI=1S/C40H47FN2O6/c1-25(2)36-35(38(46)42-31-15-11-12-16-32(31)44)34(26-13-9-8-10-14-26)37(27-17-19-28(41)20-18-27)43(36)22-21-29-23-30(48-40(6,7)47-29)24-33(45)49-39(3,4)5/h8-20,25,29-30,44H,21-24H2,1-7H3,(H,42,46)/i8D,9D,10D,13D,14D. The molecule has 4 aromatic rings. The maximum Gasteiger partial charge on any atom is 0.308 e. The third-order valence-corrected chi connectivity index (χ3v) is 8.01. The van der Waals surface area contributed by atoms with E-state index in [2.05, 4.69) is 5.32 Å². The number of anilines is 1. The summed E-state index contributed by atoms with van der Waals surface area (Å²) in [5.74, 6) is -3.23. The zero-order chi connectivity index (χ0) is 39.9. The van der Waals surface area contributed by atoms with E-state index in [0.29, 0.717) is 29.8 Å². The number of hydrogen-bond acceptors (Lipinski definition) is 6. The van der Waals surface area contributed by atoms with Gasteiger partial charge >= 0.3 is 5.97 Å². The van der Waals surface area contributed by atoms with E-state index in [1.165, 1.54) is 36.4 Å². The molecule has 1 aromatic heterocycles. The van der Waals surface area contributed by atoms with Crippen molar-refractivity contribution in [2.24, 2.45) is 0 Å². The molecule has 8 nitrogen and oxygen atoms in total. The van der Waals surface area contributed by atoms with Crippen LogP contribution >= 0.6 is 0 Å². The number of aromatic nitrogens is 1. The summed E-state index contributed by atoms with van der Waals surface area (Å²) < 4.78 is 77.6. The van der Waals surface area contributed by atoms with Crippen LogP contribution in [0.2, 0.25) is 0 Å². The van der Waals surface area contributed by atoms with Gasteiger partial charge in [-0.1, -0.05) is 56.2 Å². The van der Waals surface area contributed by atoms with Crippen molar-refractivity contribution >= 4 is 17.6 Å². The minimum atomic E-state index is -1.05. The lowest BCUT2D eigenvalue weighted by Gasteiger charge is -2.41. The molecular formula is C40H47FN2O6.